The van der Waals surface area contributed by atoms with E-state index in [0.717, 1.165) is 5.69 Å². The summed E-state index contributed by atoms with van der Waals surface area (Å²) in [5, 5.41) is 11.0. The van der Waals surface area contributed by atoms with Crippen molar-refractivity contribution in [2.75, 3.05) is 31.1 Å². The minimum atomic E-state index is -1.40. The number of hydrogen-bond donors (Lipinski definition) is 0. The zero-order chi connectivity index (χ0) is 24.3. The molecular weight excluding hydrogens is 428 g/mol. The Balaban J connectivity index is 2.32. The Hall–Kier alpha value is -2.20. The first-order valence-corrected chi connectivity index (χ1v) is 13.9. The van der Waals surface area contributed by atoms with Crippen LogP contribution < -0.4 is 4.90 Å². The van der Waals surface area contributed by atoms with Gasteiger partial charge in [0.25, 0.3) is 0 Å². The maximum absolute atomic E-state index is 13.1. The summed E-state index contributed by atoms with van der Waals surface area (Å²) in [5.41, 5.74) is 0.474. The van der Waals surface area contributed by atoms with E-state index in [1.54, 1.807) is 11.0 Å². The van der Waals surface area contributed by atoms with Gasteiger partial charge < -0.3 is 24.2 Å². The molecule has 2 heterocycles. The van der Waals surface area contributed by atoms with Crippen LogP contribution in [0.1, 0.15) is 41.5 Å². The Morgan fingerprint density at radius 1 is 1.25 bits per heavy atom. The highest BCUT2D eigenvalue weighted by Crippen LogP contribution is 2.32. The van der Waals surface area contributed by atoms with Gasteiger partial charge in [-0.15, -0.1) is 0 Å². The molecule has 0 aliphatic carbocycles. The lowest BCUT2D eigenvalue weighted by atomic mass is 9.83. The highest BCUT2D eigenvalue weighted by molar-refractivity contribution is 6.48. The van der Waals surface area contributed by atoms with E-state index in [2.05, 4.69) is 43.7 Å². The fraction of sp³-hybridized carbons (Fsp3) is 0.727. The summed E-state index contributed by atoms with van der Waals surface area (Å²) in [6, 6.07) is 2.90. The number of ether oxygens (including phenoxy) is 1. The number of carbonyl (C=O) groups excluding carboxylic acids is 1. The number of nitrogens with zero attached hydrogens (tertiary/aromatic N) is 4. The van der Waals surface area contributed by atoms with Crippen molar-refractivity contribution in [2.24, 2.45) is 10.8 Å². The van der Waals surface area contributed by atoms with Crippen LogP contribution >= 0.6 is 0 Å². The second-order valence-electron chi connectivity index (χ2n) is 10.9. The summed E-state index contributed by atoms with van der Waals surface area (Å²) in [6.45, 7) is 18.6. The van der Waals surface area contributed by atoms with Crippen molar-refractivity contribution in [1.82, 2.24) is 9.88 Å². The van der Waals surface area contributed by atoms with Crippen LogP contribution in [0, 0.1) is 20.9 Å². The Morgan fingerprint density at radius 2 is 1.91 bits per heavy atom. The molecule has 32 heavy (non-hydrogen) atoms. The molecule has 2 rings (SSSR count). The predicted octanol–water partition coefficient (Wildman–Crippen LogP) is 4.08. The van der Waals surface area contributed by atoms with E-state index in [1.807, 2.05) is 20.8 Å². The molecule has 1 fully saturated rings. The molecule has 0 radical (unpaired) electrons. The molecule has 0 spiro atoms. The summed E-state index contributed by atoms with van der Waals surface area (Å²) in [5.74, 6) is -0.184. The number of amides is 1. The van der Waals surface area contributed by atoms with Crippen LogP contribution in [0.4, 0.5) is 16.3 Å². The molecular formula is C22H38N4O5Si. The summed E-state index contributed by atoms with van der Waals surface area (Å²) < 4.78 is 12.1. The average molecular weight is 467 g/mol. The van der Waals surface area contributed by atoms with E-state index in [4.69, 9.17) is 9.16 Å². The van der Waals surface area contributed by atoms with E-state index >= 15 is 0 Å². The maximum atomic E-state index is 13.1. The van der Waals surface area contributed by atoms with Gasteiger partial charge in [-0.3, -0.25) is 4.90 Å². The summed E-state index contributed by atoms with van der Waals surface area (Å²) in [7, 11) is -1.40. The Kier molecular flexibility index (Phi) is 8.27. The lowest BCUT2D eigenvalue weighted by Gasteiger charge is -2.48. The molecule has 1 aliphatic heterocycles. The molecule has 1 amide bonds. The quantitative estimate of drug-likeness (QED) is 0.354. The van der Waals surface area contributed by atoms with Crippen molar-refractivity contribution >= 4 is 26.6 Å². The zero-order valence-electron chi connectivity index (χ0n) is 20.6. The first-order chi connectivity index (χ1) is 14.7. The highest BCUT2D eigenvalue weighted by Gasteiger charge is 2.43. The van der Waals surface area contributed by atoms with Gasteiger partial charge in [0, 0.05) is 25.7 Å². The number of aromatic nitrogens is 1. The Morgan fingerprint density at radius 3 is 2.38 bits per heavy atom. The number of piperazine rings is 1. The van der Waals surface area contributed by atoms with Crippen molar-refractivity contribution in [3.8, 4) is 0 Å². The van der Waals surface area contributed by atoms with Crippen molar-refractivity contribution in [3.05, 3.63) is 28.4 Å². The van der Waals surface area contributed by atoms with Gasteiger partial charge in [-0.2, -0.15) is 0 Å². The van der Waals surface area contributed by atoms with Crippen LogP contribution in [-0.2, 0) is 9.16 Å². The van der Waals surface area contributed by atoms with Crippen LogP contribution in [0.15, 0.2) is 18.3 Å². The molecule has 1 unspecified atom stereocenters. The zero-order valence-corrected chi connectivity index (χ0v) is 21.8. The monoisotopic (exact) mass is 466 g/mol. The standard InChI is InChI=1S/C22H38N4O5Si/c1-21(2,3)15-30-20(27)25-12-11-24(16-9-10-18(23-13-16)26(28)29)14-17(25)19(22(4,5)6)31-32(7)8/h9-10,13,17,19,32H,11-12,14-15H2,1-8H3/t17-,19?/m1/s1. The molecule has 0 bridgehead atoms. The molecule has 1 aromatic heterocycles. The van der Waals surface area contributed by atoms with E-state index < -0.39 is 14.0 Å². The van der Waals surface area contributed by atoms with Crippen molar-refractivity contribution < 1.29 is 18.9 Å². The van der Waals surface area contributed by atoms with Crippen LogP contribution in [0.3, 0.4) is 0 Å². The second kappa shape index (κ2) is 10.2. The molecule has 1 aliphatic rings. The van der Waals surface area contributed by atoms with Crippen LogP contribution in [0.25, 0.3) is 0 Å². The van der Waals surface area contributed by atoms with Gasteiger partial charge in [-0.05, 0) is 39.9 Å². The number of carbonyl (C=O) groups is 1. The molecule has 0 saturated carbocycles. The second-order valence-corrected chi connectivity index (χ2v) is 13.3. The van der Waals surface area contributed by atoms with E-state index in [9.17, 15) is 14.9 Å². The van der Waals surface area contributed by atoms with E-state index in [0.29, 0.717) is 26.2 Å². The molecule has 1 saturated heterocycles. The number of nitro groups is 1. The Bertz CT molecular complexity index is 789. The Labute approximate surface area is 193 Å². The minimum Gasteiger partial charge on any atom is -0.449 e. The lowest BCUT2D eigenvalue weighted by molar-refractivity contribution is -0.389. The molecule has 2 atom stereocenters. The van der Waals surface area contributed by atoms with Crippen LogP contribution in [-0.4, -0.2) is 68.3 Å². The summed E-state index contributed by atoms with van der Waals surface area (Å²) in [6.07, 6.45) is 1.02. The highest BCUT2D eigenvalue weighted by atomic mass is 28.3. The van der Waals surface area contributed by atoms with Gasteiger partial charge in [0.1, 0.15) is 0 Å². The van der Waals surface area contributed by atoms with Crippen molar-refractivity contribution in [3.63, 3.8) is 0 Å². The third kappa shape index (κ3) is 7.16. The molecule has 10 heteroatoms. The predicted molar refractivity (Wildman–Crippen MR) is 128 cm³/mol. The van der Waals surface area contributed by atoms with Gasteiger partial charge >= 0.3 is 11.9 Å². The number of hydrogen-bond acceptors (Lipinski definition) is 7. The SMILES string of the molecule is C[SiH](C)OC([C@H]1CN(c2ccc([N+](=O)[O-])nc2)CCN1C(=O)OCC(C)(C)C)C(C)(C)C. The number of rotatable bonds is 6. The normalized spacial score (nSPS) is 18.6. The first kappa shape index (κ1) is 26.1. The van der Waals surface area contributed by atoms with Gasteiger partial charge in [0.05, 0.1) is 24.4 Å². The molecule has 9 nitrogen and oxygen atoms in total. The number of pyridine rings is 1. The average Bonchev–Trinajstić information content (AvgIpc) is 2.68. The smallest absolute Gasteiger partial charge is 0.410 e. The lowest BCUT2D eigenvalue weighted by Crippen LogP contribution is -2.63. The maximum Gasteiger partial charge on any atom is 0.410 e. The fourth-order valence-corrected chi connectivity index (χ4v) is 4.91. The molecule has 1 aromatic rings. The minimum absolute atomic E-state index is 0.123. The fourth-order valence-electron chi connectivity index (χ4n) is 3.73. The number of anilines is 1. The third-order valence-electron chi connectivity index (χ3n) is 5.19. The van der Waals surface area contributed by atoms with Crippen LogP contribution in [0.5, 0.6) is 0 Å². The van der Waals surface area contributed by atoms with Crippen molar-refractivity contribution in [1.29, 1.82) is 0 Å². The topological polar surface area (TPSA) is 98.0 Å². The molecule has 0 aromatic carbocycles. The van der Waals surface area contributed by atoms with Crippen molar-refractivity contribution in [2.45, 2.75) is 66.8 Å². The third-order valence-corrected chi connectivity index (χ3v) is 6.03. The first-order valence-electron chi connectivity index (χ1n) is 11.1. The summed E-state index contributed by atoms with van der Waals surface area (Å²) >= 11 is 0. The van der Waals surface area contributed by atoms with Crippen LogP contribution in [0.2, 0.25) is 13.1 Å². The van der Waals surface area contributed by atoms with Gasteiger partial charge in [0.15, 0.2) is 15.2 Å². The molecule has 0 N–H and O–H groups in total. The summed E-state index contributed by atoms with van der Waals surface area (Å²) in [4.78, 5) is 31.4. The van der Waals surface area contributed by atoms with Gasteiger partial charge in [0.2, 0.25) is 0 Å². The largest absolute Gasteiger partial charge is 0.449 e. The van der Waals surface area contributed by atoms with Gasteiger partial charge in [-0.25, -0.2) is 4.79 Å². The van der Waals surface area contributed by atoms with E-state index in [-0.39, 0.29) is 34.9 Å². The molecule has 180 valence electrons. The van der Waals surface area contributed by atoms with E-state index in [1.165, 1.54) is 12.3 Å². The van der Waals surface area contributed by atoms with Gasteiger partial charge in [-0.1, -0.05) is 41.5 Å².